The summed E-state index contributed by atoms with van der Waals surface area (Å²) in [5.41, 5.74) is 4.79. The zero-order valence-corrected chi connectivity index (χ0v) is 16.5. The van der Waals surface area contributed by atoms with Gasteiger partial charge in [-0.05, 0) is 43.7 Å². The maximum atomic E-state index is 13.7. The number of hydrogen-bond acceptors (Lipinski definition) is 5. The maximum Gasteiger partial charge on any atom is 0.251 e. The number of carbonyl (C=O) groups is 1. The molecule has 150 valence electrons. The van der Waals surface area contributed by atoms with Crippen LogP contribution in [0.5, 0.6) is 0 Å². The van der Waals surface area contributed by atoms with Crippen LogP contribution in [0.1, 0.15) is 27.5 Å². The Labute approximate surface area is 172 Å². The second-order valence-electron chi connectivity index (χ2n) is 6.88. The van der Waals surface area contributed by atoms with Gasteiger partial charge in [0.25, 0.3) is 5.91 Å². The van der Waals surface area contributed by atoms with Gasteiger partial charge in [-0.2, -0.15) is 0 Å². The molecule has 2 heterocycles. The van der Waals surface area contributed by atoms with Crippen molar-refractivity contribution in [3.05, 3.63) is 89.5 Å². The quantitative estimate of drug-likeness (QED) is 0.532. The molecule has 6 nitrogen and oxygen atoms in total. The van der Waals surface area contributed by atoms with Crippen LogP contribution in [0, 0.1) is 19.7 Å². The van der Waals surface area contributed by atoms with Crippen LogP contribution in [0.25, 0.3) is 22.4 Å². The number of nitrogens with zero attached hydrogens (tertiary/aromatic N) is 3. The fourth-order valence-corrected chi connectivity index (χ4v) is 3.12. The van der Waals surface area contributed by atoms with Crippen molar-refractivity contribution in [2.24, 2.45) is 0 Å². The van der Waals surface area contributed by atoms with Crippen molar-refractivity contribution < 1.29 is 13.7 Å². The summed E-state index contributed by atoms with van der Waals surface area (Å²) in [6.45, 7) is 3.93. The van der Waals surface area contributed by atoms with Gasteiger partial charge in [0.2, 0.25) is 0 Å². The molecule has 2 aromatic heterocycles. The summed E-state index contributed by atoms with van der Waals surface area (Å²) in [4.78, 5) is 20.8. The van der Waals surface area contributed by atoms with E-state index in [4.69, 9.17) is 4.52 Å². The largest absolute Gasteiger partial charge is 0.360 e. The molecule has 0 bridgehead atoms. The van der Waals surface area contributed by atoms with Crippen molar-refractivity contribution in [3.8, 4) is 22.4 Å². The standard InChI is InChI=1S/C23H19FN4O2/c1-14-11-26-20(12-25-14)13-27-23(29)17-8-6-16(7-9-17)22-21(15(2)30-28-22)18-4-3-5-19(24)10-18/h3-12H,13H2,1-2H3,(H,27,29). The van der Waals surface area contributed by atoms with Crippen LogP contribution in [0.3, 0.4) is 0 Å². The van der Waals surface area contributed by atoms with Crippen molar-refractivity contribution in [1.82, 2.24) is 20.4 Å². The third-order valence-electron chi connectivity index (χ3n) is 4.66. The highest BCUT2D eigenvalue weighted by Gasteiger charge is 2.17. The Kier molecular flexibility index (Phi) is 5.34. The van der Waals surface area contributed by atoms with Gasteiger partial charge in [0.15, 0.2) is 0 Å². The summed E-state index contributed by atoms with van der Waals surface area (Å²) < 4.78 is 19.0. The van der Waals surface area contributed by atoms with Crippen molar-refractivity contribution >= 4 is 5.91 Å². The molecular weight excluding hydrogens is 383 g/mol. The minimum Gasteiger partial charge on any atom is -0.360 e. The van der Waals surface area contributed by atoms with E-state index in [1.165, 1.54) is 12.1 Å². The van der Waals surface area contributed by atoms with Crippen molar-refractivity contribution in [2.45, 2.75) is 20.4 Å². The van der Waals surface area contributed by atoms with Gasteiger partial charge in [0.05, 0.1) is 29.7 Å². The van der Waals surface area contributed by atoms with Crippen LogP contribution in [-0.2, 0) is 6.54 Å². The van der Waals surface area contributed by atoms with E-state index in [1.807, 2.05) is 13.0 Å². The molecule has 30 heavy (non-hydrogen) atoms. The number of nitrogens with one attached hydrogen (secondary N) is 1. The number of amides is 1. The van der Waals surface area contributed by atoms with Crippen LogP contribution in [0.15, 0.2) is 65.4 Å². The van der Waals surface area contributed by atoms with E-state index in [0.717, 1.165) is 16.8 Å². The predicted octanol–water partition coefficient (Wildman–Crippen LogP) is 4.48. The molecule has 1 amide bonds. The smallest absolute Gasteiger partial charge is 0.251 e. The van der Waals surface area contributed by atoms with Gasteiger partial charge in [-0.1, -0.05) is 29.4 Å². The summed E-state index contributed by atoms with van der Waals surface area (Å²) in [5, 5.41) is 6.96. The number of halogens is 1. The molecule has 0 aliphatic heterocycles. The SMILES string of the molecule is Cc1cnc(CNC(=O)c2ccc(-c3noc(C)c3-c3cccc(F)c3)cc2)cn1. The molecule has 2 aromatic carbocycles. The average Bonchev–Trinajstić information content (AvgIpc) is 3.14. The van der Waals surface area contributed by atoms with Gasteiger partial charge >= 0.3 is 0 Å². The van der Waals surface area contributed by atoms with Crippen LogP contribution >= 0.6 is 0 Å². The number of rotatable bonds is 5. The van der Waals surface area contributed by atoms with Gasteiger partial charge in [-0.3, -0.25) is 14.8 Å². The fraction of sp³-hybridized carbons (Fsp3) is 0.130. The Bertz CT molecular complexity index is 1180. The molecule has 1 N–H and O–H groups in total. The fourth-order valence-electron chi connectivity index (χ4n) is 3.12. The van der Waals surface area contributed by atoms with E-state index < -0.39 is 0 Å². The minimum absolute atomic E-state index is 0.217. The molecule has 0 atom stereocenters. The molecular formula is C23H19FN4O2. The Morgan fingerprint density at radius 2 is 1.83 bits per heavy atom. The lowest BCUT2D eigenvalue weighted by atomic mass is 9.98. The molecule has 0 saturated carbocycles. The number of hydrogen-bond donors (Lipinski definition) is 1. The van der Waals surface area contributed by atoms with Gasteiger partial charge in [0.1, 0.15) is 17.3 Å². The van der Waals surface area contributed by atoms with Crippen molar-refractivity contribution in [1.29, 1.82) is 0 Å². The Hall–Kier alpha value is -3.87. The van der Waals surface area contributed by atoms with Crippen LogP contribution < -0.4 is 5.32 Å². The van der Waals surface area contributed by atoms with E-state index in [2.05, 4.69) is 20.4 Å². The average molecular weight is 402 g/mol. The van der Waals surface area contributed by atoms with Gasteiger partial charge in [-0.15, -0.1) is 0 Å². The molecule has 7 heteroatoms. The lowest BCUT2D eigenvalue weighted by Gasteiger charge is -2.07. The normalized spacial score (nSPS) is 10.8. The molecule has 0 spiro atoms. The number of carbonyl (C=O) groups excluding carboxylic acids is 1. The first kappa shape index (κ1) is 19.4. The summed E-state index contributed by atoms with van der Waals surface area (Å²) in [6.07, 6.45) is 3.30. The maximum absolute atomic E-state index is 13.7. The van der Waals surface area contributed by atoms with E-state index in [-0.39, 0.29) is 11.7 Å². The van der Waals surface area contributed by atoms with Gasteiger partial charge < -0.3 is 9.84 Å². The predicted molar refractivity (Wildman–Crippen MR) is 110 cm³/mol. The molecule has 0 aliphatic rings. The lowest BCUT2D eigenvalue weighted by molar-refractivity contribution is 0.0950. The zero-order chi connectivity index (χ0) is 21.1. The Morgan fingerprint density at radius 1 is 1.03 bits per heavy atom. The van der Waals surface area contributed by atoms with Crippen LogP contribution in [0.4, 0.5) is 4.39 Å². The first-order valence-electron chi connectivity index (χ1n) is 9.39. The first-order chi connectivity index (χ1) is 14.5. The van der Waals surface area contributed by atoms with E-state index >= 15 is 0 Å². The topological polar surface area (TPSA) is 80.9 Å². The second kappa shape index (κ2) is 8.24. The van der Waals surface area contributed by atoms with Crippen molar-refractivity contribution in [2.75, 3.05) is 0 Å². The molecule has 0 saturated heterocycles. The minimum atomic E-state index is -0.329. The van der Waals surface area contributed by atoms with E-state index in [9.17, 15) is 9.18 Å². The molecule has 4 rings (SSSR count). The molecule has 0 aliphatic carbocycles. The molecule has 0 radical (unpaired) electrons. The summed E-state index contributed by atoms with van der Waals surface area (Å²) >= 11 is 0. The lowest BCUT2D eigenvalue weighted by Crippen LogP contribution is -2.23. The summed E-state index contributed by atoms with van der Waals surface area (Å²) in [6, 6.07) is 13.3. The Morgan fingerprint density at radius 3 is 2.53 bits per heavy atom. The number of aromatic nitrogens is 3. The second-order valence-corrected chi connectivity index (χ2v) is 6.88. The highest BCUT2D eigenvalue weighted by Crippen LogP contribution is 2.34. The molecule has 4 aromatic rings. The highest BCUT2D eigenvalue weighted by molar-refractivity contribution is 5.95. The number of benzene rings is 2. The first-order valence-corrected chi connectivity index (χ1v) is 9.39. The Balaban J connectivity index is 1.53. The summed E-state index contributed by atoms with van der Waals surface area (Å²) in [5.74, 6) is 0.0478. The monoisotopic (exact) mass is 402 g/mol. The van der Waals surface area contributed by atoms with Gasteiger partial charge in [-0.25, -0.2) is 4.39 Å². The van der Waals surface area contributed by atoms with Gasteiger partial charge in [0, 0.05) is 17.3 Å². The highest BCUT2D eigenvalue weighted by atomic mass is 19.1. The summed E-state index contributed by atoms with van der Waals surface area (Å²) in [7, 11) is 0. The van der Waals surface area contributed by atoms with E-state index in [1.54, 1.807) is 49.6 Å². The third-order valence-corrected chi connectivity index (χ3v) is 4.66. The van der Waals surface area contributed by atoms with Crippen LogP contribution in [0.2, 0.25) is 0 Å². The zero-order valence-electron chi connectivity index (χ0n) is 16.5. The molecule has 0 fully saturated rings. The third kappa shape index (κ3) is 4.10. The number of aryl methyl sites for hydroxylation is 2. The molecule has 0 unspecified atom stereocenters. The van der Waals surface area contributed by atoms with Crippen molar-refractivity contribution in [3.63, 3.8) is 0 Å². The van der Waals surface area contributed by atoms with E-state index in [0.29, 0.717) is 34.8 Å². The van der Waals surface area contributed by atoms with Crippen LogP contribution in [-0.4, -0.2) is 21.0 Å².